The highest BCUT2D eigenvalue weighted by atomic mass is 16.6. The minimum absolute atomic E-state index is 0.542. The van der Waals surface area contributed by atoms with Crippen LogP contribution in [0.2, 0.25) is 0 Å². The Morgan fingerprint density at radius 1 is 1.17 bits per heavy atom. The van der Waals surface area contributed by atoms with Gasteiger partial charge in [0, 0.05) is 6.42 Å². The Morgan fingerprint density at radius 3 is 2.25 bits per heavy atom. The molecule has 2 aliphatic heterocycles. The largest absolute Gasteiger partial charge is 0.373 e. The van der Waals surface area contributed by atoms with Crippen molar-refractivity contribution >= 4 is 0 Å². The van der Waals surface area contributed by atoms with E-state index in [2.05, 4.69) is 14.1 Å². The molecule has 0 aromatic heterocycles. The summed E-state index contributed by atoms with van der Waals surface area (Å²) in [5.74, 6) is 0. The molecular formula is C9H18NO2+. The van der Waals surface area contributed by atoms with Gasteiger partial charge in [-0.05, 0) is 0 Å². The van der Waals surface area contributed by atoms with Crippen molar-refractivity contribution in [2.75, 3.05) is 40.4 Å². The number of hydrogen-bond donors (Lipinski definition) is 0. The molecule has 2 rings (SSSR count). The summed E-state index contributed by atoms with van der Waals surface area (Å²) in [5.41, 5.74) is 0. The van der Waals surface area contributed by atoms with Gasteiger partial charge in [0.1, 0.15) is 12.6 Å². The predicted molar refractivity (Wildman–Crippen MR) is 45.9 cm³/mol. The highest BCUT2D eigenvalue weighted by Crippen LogP contribution is 2.18. The maximum absolute atomic E-state index is 5.22. The van der Waals surface area contributed by atoms with Gasteiger partial charge in [-0.3, -0.25) is 0 Å². The van der Waals surface area contributed by atoms with Crippen LogP contribution in [0, 0.1) is 0 Å². The summed E-state index contributed by atoms with van der Waals surface area (Å²) in [6.45, 7) is 4.33. The number of epoxide rings is 2. The van der Waals surface area contributed by atoms with Crippen LogP contribution in [0.3, 0.4) is 0 Å². The SMILES string of the molecule is C[N+](C)(CCC1CO1)CC1CO1. The summed E-state index contributed by atoms with van der Waals surface area (Å²) in [4.78, 5) is 0. The van der Waals surface area contributed by atoms with Crippen LogP contribution in [0.1, 0.15) is 6.42 Å². The maximum Gasteiger partial charge on any atom is 0.130 e. The first-order chi connectivity index (χ1) is 5.66. The van der Waals surface area contributed by atoms with Crippen LogP contribution < -0.4 is 0 Å². The van der Waals surface area contributed by atoms with E-state index in [0.717, 1.165) is 24.2 Å². The molecule has 0 aromatic rings. The minimum Gasteiger partial charge on any atom is -0.373 e. The highest BCUT2D eigenvalue weighted by molar-refractivity contribution is 4.70. The molecule has 0 radical (unpaired) electrons. The van der Waals surface area contributed by atoms with E-state index in [-0.39, 0.29) is 0 Å². The Hall–Kier alpha value is -0.120. The van der Waals surface area contributed by atoms with Crippen molar-refractivity contribution in [2.45, 2.75) is 18.6 Å². The standard InChI is InChI=1S/C9H18NO2/c1-10(2,5-9-7-12-9)4-3-8-6-11-8/h8-9H,3-7H2,1-2H3/q+1. The van der Waals surface area contributed by atoms with E-state index < -0.39 is 0 Å². The molecule has 3 nitrogen and oxygen atoms in total. The van der Waals surface area contributed by atoms with Crippen LogP contribution >= 0.6 is 0 Å². The summed E-state index contributed by atoms with van der Waals surface area (Å²) in [7, 11) is 4.54. The molecule has 2 heterocycles. The topological polar surface area (TPSA) is 25.1 Å². The molecule has 0 bridgehead atoms. The van der Waals surface area contributed by atoms with Crippen LogP contribution in [0.4, 0.5) is 0 Å². The normalized spacial score (nSPS) is 33.5. The molecule has 0 saturated carbocycles. The summed E-state index contributed by atoms with van der Waals surface area (Å²) in [6.07, 6.45) is 2.32. The second-order valence-corrected chi connectivity index (χ2v) is 4.54. The fourth-order valence-corrected chi connectivity index (χ4v) is 1.54. The van der Waals surface area contributed by atoms with E-state index >= 15 is 0 Å². The van der Waals surface area contributed by atoms with Gasteiger partial charge in [-0.15, -0.1) is 0 Å². The molecule has 70 valence electrons. The van der Waals surface area contributed by atoms with Gasteiger partial charge in [-0.25, -0.2) is 0 Å². The number of ether oxygens (including phenoxy) is 2. The molecule has 0 spiro atoms. The van der Waals surface area contributed by atoms with Crippen LogP contribution in [0.5, 0.6) is 0 Å². The third kappa shape index (κ3) is 2.73. The van der Waals surface area contributed by atoms with Crippen molar-refractivity contribution in [1.82, 2.24) is 0 Å². The lowest BCUT2D eigenvalue weighted by atomic mass is 10.2. The van der Waals surface area contributed by atoms with Crippen molar-refractivity contribution in [2.24, 2.45) is 0 Å². The zero-order chi connectivity index (χ0) is 8.60. The van der Waals surface area contributed by atoms with E-state index in [1.54, 1.807) is 0 Å². The summed E-state index contributed by atoms with van der Waals surface area (Å²) >= 11 is 0. The molecule has 0 aromatic carbocycles. The Balaban J connectivity index is 1.66. The van der Waals surface area contributed by atoms with Crippen LogP contribution in [-0.2, 0) is 9.47 Å². The van der Waals surface area contributed by atoms with E-state index in [1.165, 1.54) is 13.0 Å². The first-order valence-corrected chi connectivity index (χ1v) is 4.71. The van der Waals surface area contributed by atoms with Crippen molar-refractivity contribution in [3.8, 4) is 0 Å². The van der Waals surface area contributed by atoms with Gasteiger partial charge >= 0.3 is 0 Å². The predicted octanol–water partition coefficient (Wildman–Crippen LogP) is 0.250. The smallest absolute Gasteiger partial charge is 0.130 e. The summed E-state index contributed by atoms with van der Waals surface area (Å²) in [5, 5.41) is 0. The fraction of sp³-hybridized carbons (Fsp3) is 1.00. The van der Waals surface area contributed by atoms with Crippen molar-refractivity contribution < 1.29 is 14.0 Å². The van der Waals surface area contributed by atoms with E-state index in [4.69, 9.17) is 9.47 Å². The second kappa shape index (κ2) is 2.98. The number of rotatable bonds is 5. The molecule has 2 aliphatic rings. The number of hydrogen-bond acceptors (Lipinski definition) is 2. The highest BCUT2D eigenvalue weighted by Gasteiger charge is 2.33. The molecule has 12 heavy (non-hydrogen) atoms. The molecule has 0 amide bonds. The Kier molecular flexibility index (Phi) is 2.10. The quantitative estimate of drug-likeness (QED) is 0.439. The van der Waals surface area contributed by atoms with Gasteiger partial charge in [0.25, 0.3) is 0 Å². The van der Waals surface area contributed by atoms with E-state index in [1.807, 2.05) is 0 Å². The fourth-order valence-electron chi connectivity index (χ4n) is 1.54. The monoisotopic (exact) mass is 172 g/mol. The minimum atomic E-state index is 0.542. The number of nitrogens with zero attached hydrogens (tertiary/aromatic N) is 1. The van der Waals surface area contributed by atoms with Crippen molar-refractivity contribution in [3.05, 3.63) is 0 Å². The molecule has 2 saturated heterocycles. The van der Waals surface area contributed by atoms with Crippen LogP contribution in [0.25, 0.3) is 0 Å². The third-order valence-electron chi connectivity index (χ3n) is 2.56. The van der Waals surface area contributed by atoms with Crippen LogP contribution in [0.15, 0.2) is 0 Å². The van der Waals surface area contributed by atoms with Crippen LogP contribution in [-0.4, -0.2) is 57.1 Å². The van der Waals surface area contributed by atoms with Crippen molar-refractivity contribution in [1.29, 1.82) is 0 Å². The van der Waals surface area contributed by atoms with Gasteiger partial charge in [0.2, 0.25) is 0 Å². The molecule has 3 heteroatoms. The molecule has 2 unspecified atom stereocenters. The zero-order valence-electron chi connectivity index (χ0n) is 7.95. The Bertz CT molecular complexity index is 162. The summed E-state index contributed by atoms with van der Waals surface area (Å²) < 4.78 is 11.5. The number of likely N-dealkylation sites (N-methyl/N-ethyl adjacent to an activating group) is 1. The van der Waals surface area contributed by atoms with E-state index in [0.29, 0.717) is 12.2 Å². The lowest BCUT2D eigenvalue weighted by molar-refractivity contribution is -0.891. The molecule has 0 aliphatic carbocycles. The zero-order valence-corrected chi connectivity index (χ0v) is 7.95. The summed E-state index contributed by atoms with van der Waals surface area (Å²) in [6, 6.07) is 0. The van der Waals surface area contributed by atoms with Gasteiger partial charge in [-0.1, -0.05) is 0 Å². The molecule has 2 atom stereocenters. The molecule has 0 N–H and O–H groups in total. The lowest BCUT2D eigenvalue weighted by Gasteiger charge is -2.28. The van der Waals surface area contributed by atoms with Crippen molar-refractivity contribution in [3.63, 3.8) is 0 Å². The maximum atomic E-state index is 5.22. The third-order valence-corrected chi connectivity index (χ3v) is 2.56. The lowest BCUT2D eigenvalue weighted by Crippen LogP contribution is -2.43. The van der Waals surface area contributed by atoms with Gasteiger partial charge in [-0.2, -0.15) is 0 Å². The van der Waals surface area contributed by atoms with Gasteiger partial charge in [0.05, 0.1) is 40.0 Å². The van der Waals surface area contributed by atoms with Gasteiger partial charge in [0.15, 0.2) is 0 Å². The molecule has 2 fully saturated rings. The first-order valence-electron chi connectivity index (χ1n) is 4.71. The average molecular weight is 172 g/mol. The van der Waals surface area contributed by atoms with E-state index in [9.17, 15) is 0 Å². The Morgan fingerprint density at radius 2 is 1.75 bits per heavy atom. The average Bonchev–Trinajstić information content (AvgIpc) is 2.78. The van der Waals surface area contributed by atoms with Gasteiger partial charge < -0.3 is 14.0 Å². The first kappa shape index (κ1) is 8.48. The second-order valence-electron chi connectivity index (χ2n) is 4.54. The number of quaternary nitrogens is 1. The molecular weight excluding hydrogens is 154 g/mol. The Labute approximate surface area is 73.8 Å².